The Balaban J connectivity index is 2.18. The van der Waals surface area contributed by atoms with Crippen molar-refractivity contribution >= 4 is 11.8 Å². The largest absolute Gasteiger partial charge is 0.392 e. The number of hydrogen-bond donors (Lipinski definition) is 4. The summed E-state index contributed by atoms with van der Waals surface area (Å²) in [6.45, 7) is 6.49. The summed E-state index contributed by atoms with van der Waals surface area (Å²) in [7, 11) is 0. The van der Waals surface area contributed by atoms with E-state index >= 15 is 0 Å². The molecule has 1 heterocycles. The van der Waals surface area contributed by atoms with Crippen LogP contribution in [0.5, 0.6) is 0 Å². The van der Waals surface area contributed by atoms with E-state index in [9.17, 15) is 14.7 Å². The normalized spacial score (nSPS) is 23.8. The molecule has 104 valence electrons. The molecule has 1 rings (SSSR count). The van der Waals surface area contributed by atoms with Gasteiger partial charge in [0.05, 0.1) is 12.1 Å². The monoisotopic (exact) mass is 257 g/mol. The van der Waals surface area contributed by atoms with Crippen LogP contribution in [0.1, 0.15) is 33.6 Å². The highest BCUT2D eigenvalue weighted by Crippen LogP contribution is 2.05. The number of carbonyl (C=O) groups is 2. The standard InChI is InChI=1S/C12H23N3O3/c1-12(2,3)15-10(17)4-5-13-11(18)9-6-8(16)7-14-9/h8-9,14,16H,4-7H2,1-3H3,(H,13,18)(H,15,17). The number of rotatable bonds is 4. The molecule has 1 saturated heterocycles. The van der Waals surface area contributed by atoms with E-state index in [1.54, 1.807) is 0 Å². The third kappa shape index (κ3) is 5.46. The van der Waals surface area contributed by atoms with Crippen LogP contribution in [0.4, 0.5) is 0 Å². The fraction of sp³-hybridized carbons (Fsp3) is 0.833. The van der Waals surface area contributed by atoms with Gasteiger partial charge < -0.3 is 21.1 Å². The Labute approximate surface area is 108 Å². The fourth-order valence-electron chi connectivity index (χ4n) is 1.82. The molecular weight excluding hydrogens is 234 g/mol. The van der Waals surface area contributed by atoms with Gasteiger partial charge in [-0.2, -0.15) is 0 Å². The Hall–Kier alpha value is -1.14. The van der Waals surface area contributed by atoms with Gasteiger partial charge in [0.25, 0.3) is 0 Å². The zero-order valence-corrected chi connectivity index (χ0v) is 11.2. The summed E-state index contributed by atoms with van der Waals surface area (Å²) in [6.07, 6.45) is 0.239. The van der Waals surface area contributed by atoms with Gasteiger partial charge >= 0.3 is 0 Å². The van der Waals surface area contributed by atoms with Crippen molar-refractivity contribution in [3.05, 3.63) is 0 Å². The Bertz CT molecular complexity index is 312. The lowest BCUT2D eigenvalue weighted by Crippen LogP contribution is -2.44. The van der Waals surface area contributed by atoms with E-state index in [2.05, 4.69) is 16.0 Å². The maximum Gasteiger partial charge on any atom is 0.237 e. The SMILES string of the molecule is CC(C)(C)NC(=O)CCNC(=O)C1CC(O)CN1. The van der Waals surface area contributed by atoms with Crippen LogP contribution in [0.2, 0.25) is 0 Å². The summed E-state index contributed by atoms with van der Waals surface area (Å²) < 4.78 is 0. The van der Waals surface area contributed by atoms with Gasteiger partial charge in [-0.25, -0.2) is 0 Å². The predicted octanol–water partition coefficient (Wildman–Crippen LogP) is -0.870. The second-order valence-electron chi connectivity index (χ2n) is 5.69. The molecule has 2 atom stereocenters. The first-order valence-corrected chi connectivity index (χ1v) is 6.28. The van der Waals surface area contributed by atoms with Crippen LogP contribution < -0.4 is 16.0 Å². The van der Waals surface area contributed by atoms with E-state index in [0.717, 1.165) is 0 Å². The minimum absolute atomic E-state index is 0.0813. The van der Waals surface area contributed by atoms with Crippen molar-refractivity contribution in [3.63, 3.8) is 0 Å². The summed E-state index contributed by atoms with van der Waals surface area (Å²) in [5, 5.41) is 17.7. The van der Waals surface area contributed by atoms with Crippen LogP contribution in [-0.2, 0) is 9.59 Å². The second kappa shape index (κ2) is 6.15. The maximum atomic E-state index is 11.6. The molecule has 6 heteroatoms. The van der Waals surface area contributed by atoms with Crippen molar-refractivity contribution in [1.29, 1.82) is 0 Å². The van der Waals surface area contributed by atoms with Crippen molar-refractivity contribution in [2.45, 2.75) is 51.3 Å². The molecular formula is C12H23N3O3. The lowest BCUT2D eigenvalue weighted by molar-refractivity contribution is -0.124. The average Bonchev–Trinajstić information content (AvgIpc) is 2.62. The summed E-state index contributed by atoms with van der Waals surface area (Å²) in [6, 6.07) is -0.342. The summed E-state index contributed by atoms with van der Waals surface area (Å²) >= 11 is 0. The Morgan fingerprint density at radius 2 is 2.06 bits per heavy atom. The Morgan fingerprint density at radius 3 is 2.56 bits per heavy atom. The first-order valence-electron chi connectivity index (χ1n) is 6.28. The highest BCUT2D eigenvalue weighted by molar-refractivity contribution is 5.83. The van der Waals surface area contributed by atoms with Crippen molar-refractivity contribution in [3.8, 4) is 0 Å². The van der Waals surface area contributed by atoms with Crippen molar-refractivity contribution in [2.24, 2.45) is 0 Å². The highest BCUT2D eigenvalue weighted by atomic mass is 16.3. The first-order chi connectivity index (χ1) is 8.28. The van der Waals surface area contributed by atoms with Gasteiger partial charge in [0.2, 0.25) is 11.8 Å². The first kappa shape index (κ1) is 14.9. The van der Waals surface area contributed by atoms with Gasteiger partial charge in [0, 0.05) is 25.0 Å². The number of nitrogens with one attached hydrogen (secondary N) is 3. The molecule has 4 N–H and O–H groups in total. The van der Waals surface area contributed by atoms with Gasteiger partial charge in [0.1, 0.15) is 0 Å². The molecule has 0 saturated carbocycles. The molecule has 0 aliphatic carbocycles. The molecule has 0 radical (unpaired) electrons. The zero-order valence-electron chi connectivity index (χ0n) is 11.2. The van der Waals surface area contributed by atoms with E-state index in [-0.39, 0.29) is 29.8 Å². The molecule has 0 spiro atoms. The number of carbonyl (C=O) groups excluding carboxylic acids is 2. The van der Waals surface area contributed by atoms with Crippen LogP contribution in [0, 0.1) is 0 Å². The average molecular weight is 257 g/mol. The van der Waals surface area contributed by atoms with E-state index < -0.39 is 6.10 Å². The number of hydrogen-bond acceptors (Lipinski definition) is 4. The van der Waals surface area contributed by atoms with Crippen molar-refractivity contribution in [1.82, 2.24) is 16.0 Å². The molecule has 0 aromatic carbocycles. The van der Waals surface area contributed by atoms with Crippen molar-refractivity contribution in [2.75, 3.05) is 13.1 Å². The third-order valence-electron chi connectivity index (χ3n) is 2.59. The molecule has 1 aliphatic rings. The Morgan fingerprint density at radius 1 is 1.39 bits per heavy atom. The molecule has 1 aliphatic heterocycles. The topological polar surface area (TPSA) is 90.5 Å². The lowest BCUT2D eigenvalue weighted by Gasteiger charge is -2.20. The van der Waals surface area contributed by atoms with E-state index in [1.165, 1.54) is 0 Å². The fourth-order valence-corrected chi connectivity index (χ4v) is 1.82. The van der Waals surface area contributed by atoms with E-state index in [4.69, 9.17) is 0 Å². The second-order valence-corrected chi connectivity index (χ2v) is 5.69. The zero-order chi connectivity index (χ0) is 13.8. The number of aliphatic hydroxyl groups is 1. The lowest BCUT2D eigenvalue weighted by atomic mass is 10.1. The summed E-state index contributed by atoms with van der Waals surface area (Å²) in [5.74, 6) is -0.239. The minimum Gasteiger partial charge on any atom is -0.392 e. The van der Waals surface area contributed by atoms with Gasteiger partial charge in [-0.1, -0.05) is 0 Å². The van der Waals surface area contributed by atoms with E-state index in [1.807, 2.05) is 20.8 Å². The molecule has 2 unspecified atom stereocenters. The summed E-state index contributed by atoms with van der Waals surface area (Å²) in [5.41, 5.74) is -0.252. The third-order valence-corrected chi connectivity index (χ3v) is 2.59. The van der Waals surface area contributed by atoms with Crippen molar-refractivity contribution < 1.29 is 14.7 Å². The number of β-amino-alcohol motifs (C(OH)–C–C–N with tert-alkyl or cyclic N) is 1. The van der Waals surface area contributed by atoms with Gasteiger partial charge in [-0.15, -0.1) is 0 Å². The molecule has 0 bridgehead atoms. The Kier molecular flexibility index (Phi) is 5.10. The minimum atomic E-state index is -0.454. The maximum absolute atomic E-state index is 11.6. The van der Waals surface area contributed by atoms with Crippen LogP contribution in [0.15, 0.2) is 0 Å². The molecule has 0 aromatic rings. The van der Waals surface area contributed by atoms with Gasteiger partial charge in [-0.05, 0) is 27.2 Å². The van der Waals surface area contributed by atoms with Crippen LogP contribution >= 0.6 is 0 Å². The predicted molar refractivity (Wildman–Crippen MR) is 67.9 cm³/mol. The molecule has 18 heavy (non-hydrogen) atoms. The number of amides is 2. The van der Waals surface area contributed by atoms with Gasteiger partial charge in [-0.3, -0.25) is 9.59 Å². The van der Waals surface area contributed by atoms with Crippen LogP contribution in [-0.4, -0.2) is 47.7 Å². The smallest absolute Gasteiger partial charge is 0.237 e. The highest BCUT2D eigenvalue weighted by Gasteiger charge is 2.27. The molecule has 0 aromatic heterocycles. The number of aliphatic hydroxyl groups excluding tert-OH is 1. The quantitative estimate of drug-likeness (QED) is 0.527. The van der Waals surface area contributed by atoms with Crippen LogP contribution in [0.25, 0.3) is 0 Å². The van der Waals surface area contributed by atoms with Gasteiger partial charge in [0.15, 0.2) is 0 Å². The molecule has 2 amide bonds. The molecule has 1 fully saturated rings. The summed E-state index contributed by atoms with van der Waals surface area (Å²) in [4.78, 5) is 23.1. The van der Waals surface area contributed by atoms with E-state index in [0.29, 0.717) is 19.5 Å². The van der Waals surface area contributed by atoms with Crippen LogP contribution in [0.3, 0.4) is 0 Å². The molecule has 6 nitrogen and oxygen atoms in total.